The summed E-state index contributed by atoms with van der Waals surface area (Å²) in [7, 11) is 0. The smallest absolute Gasteiger partial charge is 0.328 e. The minimum absolute atomic E-state index is 0.214. The Kier molecular flexibility index (Phi) is 4.16. The van der Waals surface area contributed by atoms with E-state index in [0.29, 0.717) is 36.8 Å². The first-order valence-electron chi connectivity index (χ1n) is 10.4. The molecule has 2 atom stereocenters. The van der Waals surface area contributed by atoms with Crippen LogP contribution in [-0.2, 0) is 4.79 Å². The number of imide groups is 1. The molecule has 3 amide bonds. The van der Waals surface area contributed by atoms with E-state index in [4.69, 9.17) is 4.98 Å². The Morgan fingerprint density at radius 3 is 2.57 bits per heavy atom. The van der Waals surface area contributed by atoms with E-state index >= 15 is 0 Å². The van der Waals surface area contributed by atoms with Crippen molar-refractivity contribution in [2.75, 3.05) is 24.5 Å². The van der Waals surface area contributed by atoms with E-state index in [2.05, 4.69) is 41.3 Å². The first-order chi connectivity index (χ1) is 13.5. The summed E-state index contributed by atoms with van der Waals surface area (Å²) >= 11 is 0. The molecule has 0 spiro atoms. The van der Waals surface area contributed by atoms with Crippen LogP contribution in [0.15, 0.2) is 18.5 Å². The van der Waals surface area contributed by atoms with Crippen LogP contribution in [-0.4, -0.2) is 41.1 Å². The van der Waals surface area contributed by atoms with Gasteiger partial charge >= 0.3 is 6.03 Å². The van der Waals surface area contributed by atoms with Crippen LogP contribution in [0.4, 0.5) is 10.5 Å². The van der Waals surface area contributed by atoms with Crippen molar-refractivity contribution >= 4 is 28.7 Å². The van der Waals surface area contributed by atoms with E-state index in [1.807, 2.05) is 0 Å². The summed E-state index contributed by atoms with van der Waals surface area (Å²) in [5, 5.41) is 7.08. The zero-order valence-corrected chi connectivity index (χ0v) is 16.4. The fourth-order valence-corrected chi connectivity index (χ4v) is 4.94. The number of urea groups is 1. The minimum Gasteiger partial charge on any atom is -0.329 e. The van der Waals surface area contributed by atoms with Gasteiger partial charge in [-0.25, -0.2) is 9.78 Å². The number of nitrogens with one attached hydrogen (secondary N) is 2. The number of pyridine rings is 1. The second-order valence-electron chi connectivity index (χ2n) is 8.69. The summed E-state index contributed by atoms with van der Waals surface area (Å²) in [6, 6.07) is 2.16. The molecule has 1 aliphatic carbocycles. The van der Waals surface area contributed by atoms with E-state index in [-0.39, 0.29) is 11.9 Å². The Balaban J connectivity index is 1.58. The SMILES string of the molecule is CC1CNCC(C)C1n1cc(C2CC2)c2cc(N3CCC(=O)NC3=O)cnc21. The largest absolute Gasteiger partial charge is 0.329 e. The van der Waals surface area contributed by atoms with E-state index < -0.39 is 0 Å². The number of carbonyl (C=O) groups excluding carboxylic acids is 2. The Morgan fingerprint density at radius 1 is 1.14 bits per heavy atom. The number of anilines is 1. The molecule has 4 heterocycles. The Hall–Kier alpha value is -2.41. The Bertz CT molecular complexity index is 938. The van der Waals surface area contributed by atoms with E-state index in [0.717, 1.165) is 29.8 Å². The lowest BCUT2D eigenvalue weighted by atomic mass is 9.87. The van der Waals surface area contributed by atoms with Crippen molar-refractivity contribution in [1.29, 1.82) is 0 Å². The number of piperidine rings is 1. The molecule has 2 aromatic heterocycles. The van der Waals surface area contributed by atoms with Crippen LogP contribution in [0.2, 0.25) is 0 Å². The second-order valence-corrected chi connectivity index (χ2v) is 8.69. The summed E-state index contributed by atoms with van der Waals surface area (Å²) in [4.78, 5) is 30.2. The molecule has 28 heavy (non-hydrogen) atoms. The third-order valence-electron chi connectivity index (χ3n) is 6.49. The summed E-state index contributed by atoms with van der Waals surface area (Å²) < 4.78 is 2.39. The standard InChI is InChI=1S/C21H27N5O2/c1-12-8-22-9-13(2)19(12)26-11-17(14-3-4-14)16-7-15(10-23-20(16)26)25-6-5-18(27)24-21(25)28/h7,10-14,19,22H,3-6,8-9H2,1-2H3,(H,24,27,28). The van der Waals surface area contributed by atoms with Crippen LogP contribution in [0.3, 0.4) is 0 Å². The lowest BCUT2D eigenvalue weighted by Gasteiger charge is -2.36. The highest BCUT2D eigenvalue weighted by molar-refractivity contribution is 6.06. The highest BCUT2D eigenvalue weighted by Crippen LogP contribution is 2.46. The number of aromatic nitrogens is 2. The Labute approximate surface area is 164 Å². The zero-order chi connectivity index (χ0) is 19.4. The molecule has 2 unspecified atom stereocenters. The van der Waals surface area contributed by atoms with Crippen LogP contribution in [0.25, 0.3) is 11.0 Å². The molecule has 2 aliphatic heterocycles. The van der Waals surface area contributed by atoms with Crippen LogP contribution >= 0.6 is 0 Å². The molecule has 7 nitrogen and oxygen atoms in total. The molecule has 0 bridgehead atoms. The number of nitrogens with zero attached hydrogens (tertiary/aromatic N) is 3. The highest BCUT2D eigenvalue weighted by atomic mass is 16.2. The van der Waals surface area contributed by atoms with Crippen LogP contribution < -0.4 is 15.5 Å². The highest BCUT2D eigenvalue weighted by Gasteiger charge is 2.34. The van der Waals surface area contributed by atoms with Crippen molar-refractivity contribution in [1.82, 2.24) is 20.2 Å². The van der Waals surface area contributed by atoms with Gasteiger partial charge in [0.2, 0.25) is 5.91 Å². The van der Waals surface area contributed by atoms with Crippen molar-refractivity contribution < 1.29 is 9.59 Å². The number of fused-ring (bicyclic) bond motifs is 1. The molecular weight excluding hydrogens is 354 g/mol. The van der Waals surface area contributed by atoms with Gasteiger partial charge in [0.15, 0.2) is 0 Å². The predicted octanol–water partition coefficient (Wildman–Crippen LogP) is 2.78. The predicted molar refractivity (Wildman–Crippen MR) is 107 cm³/mol. The van der Waals surface area contributed by atoms with Crippen LogP contribution in [0, 0.1) is 11.8 Å². The number of rotatable bonds is 3. The molecule has 7 heteroatoms. The van der Waals surface area contributed by atoms with Gasteiger partial charge in [0, 0.05) is 30.6 Å². The first kappa shape index (κ1) is 17.7. The summed E-state index contributed by atoms with van der Waals surface area (Å²) in [5.41, 5.74) is 3.14. The summed E-state index contributed by atoms with van der Waals surface area (Å²) in [5.74, 6) is 1.46. The van der Waals surface area contributed by atoms with Crippen molar-refractivity contribution in [3.8, 4) is 0 Å². The van der Waals surface area contributed by atoms with Gasteiger partial charge in [-0.1, -0.05) is 13.8 Å². The molecule has 2 N–H and O–H groups in total. The zero-order valence-electron chi connectivity index (χ0n) is 16.4. The molecule has 0 aromatic carbocycles. The average molecular weight is 381 g/mol. The summed E-state index contributed by atoms with van der Waals surface area (Å²) in [6.07, 6.45) is 6.87. The van der Waals surface area contributed by atoms with Gasteiger partial charge in [0.1, 0.15) is 5.65 Å². The monoisotopic (exact) mass is 381 g/mol. The molecule has 3 fully saturated rings. The summed E-state index contributed by atoms with van der Waals surface area (Å²) in [6.45, 7) is 7.06. The molecule has 0 radical (unpaired) electrons. The fraction of sp³-hybridized carbons (Fsp3) is 0.571. The topological polar surface area (TPSA) is 79.3 Å². The van der Waals surface area contributed by atoms with Gasteiger partial charge in [-0.05, 0) is 55.3 Å². The van der Waals surface area contributed by atoms with Crippen molar-refractivity contribution in [2.45, 2.75) is 45.1 Å². The van der Waals surface area contributed by atoms with Crippen LogP contribution in [0.5, 0.6) is 0 Å². The van der Waals surface area contributed by atoms with Crippen LogP contribution in [0.1, 0.15) is 50.6 Å². The molecule has 148 valence electrons. The Morgan fingerprint density at radius 2 is 1.89 bits per heavy atom. The number of carbonyl (C=O) groups is 2. The third kappa shape index (κ3) is 2.89. The van der Waals surface area contributed by atoms with Crippen molar-refractivity contribution in [3.63, 3.8) is 0 Å². The maximum absolute atomic E-state index is 12.3. The fourth-order valence-electron chi connectivity index (χ4n) is 4.94. The van der Waals surface area contributed by atoms with Crippen molar-refractivity contribution in [2.24, 2.45) is 11.8 Å². The molecular formula is C21H27N5O2. The quantitative estimate of drug-likeness (QED) is 0.857. The van der Waals surface area contributed by atoms with Gasteiger partial charge in [-0.3, -0.25) is 15.0 Å². The molecule has 1 saturated carbocycles. The van der Waals surface area contributed by atoms with Crippen molar-refractivity contribution in [3.05, 3.63) is 24.0 Å². The minimum atomic E-state index is -0.356. The molecule has 5 rings (SSSR count). The van der Waals surface area contributed by atoms with E-state index in [9.17, 15) is 9.59 Å². The maximum Gasteiger partial charge on any atom is 0.328 e. The third-order valence-corrected chi connectivity index (χ3v) is 6.49. The lowest BCUT2D eigenvalue weighted by Crippen LogP contribution is -2.49. The lowest BCUT2D eigenvalue weighted by molar-refractivity contribution is -0.120. The van der Waals surface area contributed by atoms with E-state index in [1.54, 1.807) is 11.1 Å². The molecule has 3 aliphatic rings. The van der Waals surface area contributed by atoms with Gasteiger partial charge in [-0.15, -0.1) is 0 Å². The van der Waals surface area contributed by atoms with Gasteiger partial charge < -0.3 is 9.88 Å². The van der Waals surface area contributed by atoms with Gasteiger partial charge in [0.25, 0.3) is 0 Å². The normalized spacial score (nSPS) is 28.6. The maximum atomic E-state index is 12.3. The molecule has 2 saturated heterocycles. The van der Waals surface area contributed by atoms with Gasteiger partial charge in [0.05, 0.1) is 11.9 Å². The number of hydrogen-bond donors (Lipinski definition) is 2. The van der Waals surface area contributed by atoms with E-state index in [1.165, 1.54) is 18.4 Å². The number of hydrogen-bond acceptors (Lipinski definition) is 4. The first-order valence-corrected chi connectivity index (χ1v) is 10.4. The molecule has 2 aromatic rings. The number of amides is 3. The van der Waals surface area contributed by atoms with Gasteiger partial charge in [-0.2, -0.15) is 0 Å². The second kappa shape index (κ2) is 6.58. The average Bonchev–Trinajstić information content (AvgIpc) is 3.44.